The molecule has 2 nitrogen and oxygen atoms in total. The van der Waals surface area contributed by atoms with Crippen LogP contribution in [0.3, 0.4) is 0 Å². The molecule has 3 heteroatoms. The van der Waals surface area contributed by atoms with Gasteiger partial charge in [-0.25, -0.2) is 0 Å². The van der Waals surface area contributed by atoms with Gasteiger partial charge in [0, 0.05) is 18.6 Å². The highest BCUT2D eigenvalue weighted by molar-refractivity contribution is 14.1. The summed E-state index contributed by atoms with van der Waals surface area (Å²) in [7, 11) is 0. The van der Waals surface area contributed by atoms with E-state index in [-0.39, 0.29) is 0 Å². The molecule has 0 aromatic carbocycles. The summed E-state index contributed by atoms with van der Waals surface area (Å²) in [6, 6.07) is 0. The number of alkyl halides is 1. The van der Waals surface area contributed by atoms with E-state index in [1.165, 1.54) is 39.0 Å². The molecule has 2 heterocycles. The molecule has 0 amide bonds. The number of piperidine rings is 1. The second-order valence-electron chi connectivity index (χ2n) is 6.64. The molecule has 0 aromatic rings. The van der Waals surface area contributed by atoms with Crippen molar-refractivity contribution < 1.29 is 0 Å². The van der Waals surface area contributed by atoms with Crippen molar-refractivity contribution in [2.45, 2.75) is 50.1 Å². The van der Waals surface area contributed by atoms with Gasteiger partial charge in [0.2, 0.25) is 0 Å². The highest BCUT2D eigenvalue weighted by Gasteiger charge is 2.47. The second kappa shape index (κ2) is 4.39. The Kier molecular flexibility index (Phi) is 3.59. The van der Waals surface area contributed by atoms with E-state index in [2.05, 4.69) is 60.1 Å². The van der Waals surface area contributed by atoms with Crippen LogP contribution in [0.25, 0.3) is 0 Å². The number of hydrogen-bond donors (Lipinski definition) is 0. The molecule has 2 aliphatic rings. The van der Waals surface area contributed by atoms with Gasteiger partial charge in [-0.3, -0.25) is 9.80 Å². The van der Waals surface area contributed by atoms with Crippen molar-refractivity contribution in [3.63, 3.8) is 0 Å². The van der Waals surface area contributed by atoms with Crippen molar-refractivity contribution in [3.05, 3.63) is 0 Å². The first-order valence-electron chi connectivity index (χ1n) is 6.46. The molecule has 1 atom stereocenters. The molecule has 0 bridgehead atoms. The summed E-state index contributed by atoms with van der Waals surface area (Å²) < 4.78 is 0.703. The normalized spacial score (nSPS) is 29.1. The van der Waals surface area contributed by atoms with E-state index >= 15 is 0 Å². The second-order valence-corrected chi connectivity index (χ2v) is 8.44. The van der Waals surface area contributed by atoms with E-state index in [1.807, 2.05) is 0 Å². The average Bonchev–Trinajstić information content (AvgIpc) is 2.12. The Balaban J connectivity index is 1.83. The van der Waals surface area contributed by atoms with Gasteiger partial charge in [0.05, 0.1) is 4.05 Å². The molecular formula is C13H25IN2. The van der Waals surface area contributed by atoms with E-state index in [0.717, 1.165) is 0 Å². The first kappa shape index (κ1) is 13.1. The van der Waals surface area contributed by atoms with E-state index in [1.54, 1.807) is 0 Å². The maximum atomic E-state index is 2.64. The van der Waals surface area contributed by atoms with Crippen LogP contribution in [0, 0.1) is 5.41 Å². The Bertz CT molecular complexity index is 241. The van der Waals surface area contributed by atoms with Crippen LogP contribution >= 0.6 is 22.6 Å². The van der Waals surface area contributed by atoms with Crippen molar-refractivity contribution in [2.75, 3.05) is 26.2 Å². The third-order valence-electron chi connectivity index (χ3n) is 4.36. The van der Waals surface area contributed by atoms with Crippen LogP contribution in [0.2, 0.25) is 0 Å². The van der Waals surface area contributed by atoms with Crippen LogP contribution in [-0.4, -0.2) is 45.6 Å². The van der Waals surface area contributed by atoms with Crippen LogP contribution in [0.1, 0.15) is 40.5 Å². The Labute approximate surface area is 114 Å². The summed E-state index contributed by atoms with van der Waals surface area (Å²) in [5, 5.41) is 0. The maximum absolute atomic E-state index is 2.64. The quantitative estimate of drug-likeness (QED) is 0.413. The summed E-state index contributed by atoms with van der Waals surface area (Å²) in [6.45, 7) is 14.6. The van der Waals surface area contributed by atoms with Crippen molar-refractivity contribution in [3.8, 4) is 0 Å². The van der Waals surface area contributed by atoms with Crippen molar-refractivity contribution in [2.24, 2.45) is 5.41 Å². The molecule has 0 aliphatic carbocycles. The number of nitrogens with zero attached hydrogens (tertiary/aromatic N) is 2. The lowest BCUT2D eigenvalue weighted by Gasteiger charge is -2.58. The summed E-state index contributed by atoms with van der Waals surface area (Å²) in [5.74, 6) is 0. The Hall–Kier alpha value is 0.650. The van der Waals surface area contributed by atoms with Gasteiger partial charge >= 0.3 is 0 Å². The molecule has 16 heavy (non-hydrogen) atoms. The van der Waals surface area contributed by atoms with E-state index in [4.69, 9.17) is 0 Å². The molecular weight excluding hydrogens is 311 g/mol. The predicted octanol–water partition coefficient (Wildman–Crippen LogP) is 2.96. The van der Waals surface area contributed by atoms with Gasteiger partial charge in [-0.05, 0) is 59.0 Å². The third-order valence-corrected chi connectivity index (χ3v) is 5.15. The lowest BCUT2D eigenvalue weighted by molar-refractivity contribution is -0.0900. The van der Waals surface area contributed by atoms with Crippen LogP contribution in [0.15, 0.2) is 0 Å². The van der Waals surface area contributed by atoms with E-state index in [9.17, 15) is 0 Å². The minimum atomic E-state index is 0.374. The van der Waals surface area contributed by atoms with Crippen molar-refractivity contribution >= 4 is 22.6 Å². The zero-order chi connectivity index (χ0) is 12.0. The lowest BCUT2D eigenvalue weighted by atomic mass is 9.70. The number of halogens is 1. The third kappa shape index (κ3) is 2.56. The molecule has 0 aromatic heterocycles. The largest absolute Gasteiger partial charge is 0.297 e. The fraction of sp³-hybridized carbons (Fsp3) is 1.00. The molecule has 1 spiro atoms. The highest BCUT2D eigenvalue weighted by Crippen LogP contribution is 2.43. The van der Waals surface area contributed by atoms with Crippen molar-refractivity contribution in [1.29, 1.82) is 0 Å². The molecule has 2 aliphatic heterocycles. The zero-order valence-corrected chi connectivity index (χ0v) is 13.2. The highest BCUT2D eigenvalue weighted by atomic mass is 127. The summed E-state index contributed by atoms with van der Waals surface area (Å²) in [6.07, 6.45) is 2.82. The standard InChI is InChI=1S/C13H25IN2/c1-11(14)15-7-5-13(6-8-15)9-16(10-13)12(2,3)4/h11H,5-10H2,1-4H3. The Morgan fingerprint density at radius 1 is 1.12 bits per heavy atom. The van der Waals surface area contributed by atoms with E-state index in [0.29, 0.717) is 15.0 Å². The van der Waals surface area contributed by atoms with Crippen molar-refractivity contribution in [1.82, 2.24) is 9.80 Å². The lowest BCUT2D eigenvalue weighted by Crippen LogP contribution is -2.65. The summed E-state index contributed by atoms with van der Waals surface area (Å²) in [5.41, 5.74) is 1.05. The van der Waals surface area contributed by atoms with Gasteiger partial charge in [0.15, 0.2) is 0 Å². The molecule has 0 saturated carbocycles. The molecule has 0 radical (unpaired) electrons. The van der Waals surface area contributed by atoms with Gasteiger partial charge < -0.3 is 0 Å². The molecule has 2 rings (SSSR count). The fourth-order valence-corrected chi connectivity index (χ4v) is 3.47. The topological polar surface area (TPSA) is 6.48 Å². The van der Waals surface area contributed by atoms with Gasteiger partial charge in [0.1, 0.15) is 0 Å². The number of hydrogen-bond acceptors (Lipinski definition) is 2. The molecule has 2 saturated heterocycles. The molecule has 0 N–H and O–H groups in total. The number of likely N-dealkylation sites (tertiary alicyclic amines) is 2. The summed E-state index contributed by atoms with van der Waals surface area (Å²) >= 11 is 2.54. The van der Waals surface area contributed by atoms with Crippen LogP contribution in [0.5, 0.6) is 0 Å². The molecule has 94 valence electrons. The monoisotopic (exact) mass is 336 g/mol. The fourth-order valence-electron chi connectivity index (χ4n) is 2.91. The van der Waals surface area contributed by atoms with E-state index < -0.39 is 0 Å². The molecule has 1 unspecified atom stereocenters. The van der Waals surface area contributed by atoms with Gasteiger partial charge in [0.25, 0.3) is 0 Å². The predicted molar refractivity (Wildman–Crippen MR) is 78.0 cm³/mol. The van der Waals surface area contributed by atoms with Crippen LogP contribution in [0.4, 0.5) is 0 Å². The average molecular weight is 336 g/mol. The van der Waals surface area contributed by atoms with Gasteiger partial charge in [-0.15, -0.1) is 0 Å². The van der Waals surface area contributed by atoms with Gasteiger partial charge in [-0.1, -0.05) is 22.6 Å². The zero-order valence-electron chi connectivity index (χ0n) is 11.1. The van der Waals surface area contributed by atoms with Gasteiger partial charge in [-0.2, -0.15) is 0 Å². The SMILES string of the molecule is CC(I)N1CCC2(CC1)CN(C(C)(C)C)C2. The first-order valence-corrected chi connectivity index (χ1v) is 7.70. The smallest absolute Gasteiger partial charge is 0.0589 e. The first-order chi connectivity index (χ1) is 7.32. The Morgan fingerprint density at radius 2 is 1.62 bits per heavy atom. The minimum absolute atomic E-state index is 0.374. The van der Waals surface area contributed by atoms with Crippen LogP contribution < -0.4 is 0 Å². The van der Waals surface area contributed by atoms with Crippen LogP contribution in [-0.2, 0) is 0 Å². The summed E-state index contributed by atoms with van der Waals surface area (Å²) in [4.78, 5) is 5.25. The molecule has 2 fully saturated rings. The Morgan fingerprint density at radius 3 is 2.00 bits per heavy atom. The maximum Gasteiger partial charge on any atom is 0.0589 e. The number of rotatable bonds is 1. The minimum Gasteiger partial charge on any atom is -0.297 e.